The van der Waals surface area contributed by atoms with Gasteiger partial charge >= 0.3 is 0 Å². The van der Waals surface area contributed by atoms with Crippen LogP contribution in [-0.4, -0.2) is 55.4 Å². The molecule has 21 heavy (non-hydrogen) atoms. The lowest BCUT2D eigenvalue weighted by Crippen LogP contribution is -2.49. The number of carbonyl (C=O) groups is 1. The summed E-state index contributed by atoms with van der Waals surface area (Å²) in [5.74, 6) is -0.549. The summed E-state index contributed by atoms with van der Waals surface area (Å²) in [5.41, 5.74) is 0.565. The first-order valence-corrected chi connectivity index (χ1v) is 6.66. The summed E-state index contributed by atoms with van der Waals surface area (Å²) in [5, 5.41) is 9.23. The lowest BCUT2D eigenvalue weighted by Gasteiger charge is -2.33. The molecule has 0 aliphatic carbocycles. The molecule has 5 nitrogen and oxygen atoms in total. The minimum atomic E-state index is -0.480. The second-order valence-electron chi connectivity index (χ2n) is 4.67. The molecule has 1 atom stereocenters. The Kier molecular flexibility index (Phi) is 5.30. The number of ether oxygens (including phenoxy) is 2. The van der Waals surface area contributed by atoms with E-state index < -0.39 is 5.82 Å². The van der Waals surface area contributed by atoms with Gasteiger partial charge in [-0.2, -0.15) is 0 Å². The molecule has 0 saturated carbocycles. The number of carbonyl (C=O) groups excluding carboxylic acids is 1. The van der Waals surface area contributed by atoms with E-state index in [9.17, 15) is 14.3 Å². The highest BCUT2D eigenvalue weighted by atomic mass is 19.1. The van der Waals surface area contributed by atoms with Crippen LogP contribution in [0.5, 0.6) is 5.75 Å². The lowest BCUT2D eigenvalue weighted by atomic mass is 10.1. The van der Waals surface area contributed by atoms with Gasteiger partial charge in [-0.3, -0.25) is 4.79 Å². The van der Waals surface area contributed by atoms with Gasteiger partial charge in [-0.05, 0) is 23.8 Å². The van der Waals surface area contributed by atoms with Crippen LogP contribution in [0.25, 0.3) is 6.08 Å². The van der Waals surface area contributed by atoms with Crippen molar-refractivity contribution >= 4 is 12.0 Å². The first-order valence-electron chi connectivity index (χ1n) is 6.66. The van der Waals surface area contributed by atoms with Gasteiger partial charge in [0.15, 0.2) is 11.6 Å². The maximum absolute atomic E-state index is 13.5. The second kappa shape index (κ2) is 7.19. The number of amides is 1. The fourth-order valence-corrected chi connectivity index (χ4v) is 2.15. The summed E-state index contributed by atoms with van der Waals surface area (Å²) in [6, 6.07) is 4.13. The summed E-state index contributed by atoms with van der Waals surface area (Å²) < 4.78 is 23.6. The Labute approximate surface area is 122 Å². The maximum atomic E-state index is 13.5. The maximum Gasteiger partial charge on any atom is 0.247 e. The molecule has 0 spiro atoms. The van der Waals surface area contributed by atoms with Crippen molar-refractivity contribution in [3.8, 4) is 5.75 Å². The number of halogens is 1. The predicted molar refractivity (Wildman–Crippen MR) is 75.4 cm³/mol. The van der Waals surface area contributed by atoms with Crippen molar-refractivity contribution in [1.29, 1.82) is 0 Å². The summed E-state index contributed by atoms with van der Waals surface area (Å²) in [6.45, 7) is 1.07. The topological polar surface area (TPSA) is 59.0 Å². The van der Waals surface area contributed by atoms with Crippen LogP contribution in [0.4, 0.5) is 4.39 Å². The Bertz CT molecular complexity index is 532. The molecule has 1 aliphatic heterocycles. The molecule has 2 rings (SSSR count). The van der Waals surface area contributed by atoms with Gasteiger partial charge < -0.3 is 19.5 Å². The number of hydrogen-bond donors (Lipinski definition) is 1. The van der Waals surface area contributed by atoms with E-state index in [1.54, 1.807) is 11.0 Å². The first-order chi connectivity index (χ1) is 10.2. The summed E-state index contributed by atoms with van der Waals surface area (Å²) >= 11 is 0. The predicted octanol–water partition coefficient (Wildman–Crippen LogP) is 1.07. The zero-order valence-electron chi connectivity index (χ0n) is 11.8. The van der Waals surface area contributed by atoms with E-state index in [-0.39, 0.29) is 24.3 Å². The highest BCUT2D eigenvalue weighted by molar-refractivity contribution is 5.92. The van der Waals surface area contributed by atoms with Crippen molar-refractivity contribution in [3.63, 3.8) is 0 Å². The standard InChI is InChI=1S/C15H18FNO4/c1-20-14-4-2-11(8-13(14)16)3-5-15(19)17-6-7-21-10-12(17)9-18/h2-5,8,12,18H,6-7,9-10H2,1H3/b5-3+. The Hall–Kier alpha value is -1.92. The molecule has 0 radical (unpaired) electrons. The normalized spacial score (nSPS) is 19.0. The highest BCUT2D eigenvalue weighted by Crippen LogP contribution is 2.18. The average molecular weight is 295 g/mol. The molecule has 0 bridgehead atoms. The molecule has 1 heterocycles. The monoisotopic (exact) mass is 295 g/mol. The van der Waals surface area contributed by atoms with E-state index in [1.807, 2.05) is 0 Å². The molecule has 6 heteroatoms. The number of aliphatic hydroxyl groups excluding tert-OH is 1. The molecule has 1 aromatic carbocycles. The van der Waals surface area contributed by atoms with Gasteiger partial charge in [0.2, 0.25) is 5.91 Å². The van der Waals surface area contributed by atoms with Gasteiger partial charge in [-0.15, -0.1) is 0 Å². The second-order valence-corrected chi connectivity index (χ2v) is 4.67. The summed E-state index contributed by atoms with van der Waals surface area (Å²) in [6.07, 6.45) is 2.91. The Balaban J connectivity index is 2.05. The molecule has 0 aromatic heterocycles. The van der Waals surface area contributed by atoms with Crippen molar-refractivity contribution in [2.24, 2.45) is 0 Å². The van der Waals surface area contributed by atoms with Crippen LogP contribution in [0, 0.1) is 5.82 Å². The Morgan fingerprint density at radius 3 is 3.10 bits per heavy atom. The number of morpholine rings is 1. The highest BCUT2D eigenvalue weighted by Gasteiger charge is 2.25. The third kappa shape index (κ3) is 3.80. The van der Waals surface area contributed by atoms with E-state index in [2.05, 4.69) is 0 Å². The van der Waals surface area contributed by atoms with Crippen molar-refractivity contribution in [2.45, 2.75) is 6.04 Å². The number of hydrogen-bond acceptors (Lipinski definition) is 4. The molecule has 1 N–H and O–H groups in total. The van der Waals surface area contributed by atoms with E-state index in [0.29, 0.717) is 25.3 Å². The molecular formula is C15H18FNO4. The van der Waals surface area contributed by atoms with Crippen LogP contribution in [0.3, 0.4) is 0 Å². The molecule has 1 amide bonds. The minimum Gasteiger partial charge on any atom is -0.494 e. The van der Waals surface area contributed by atoms with Gasteiger partial charge in [-0.1, -0.05) is 6.07 Å². The molecular weight excluding hydrogens is 277 g/mol. The van der Waals surface area contributed by atoms with Crippen LogP contribution in [0.1, 0.15) is 5.56 Å². The Morgan fingerprint density at radius 2 is 2.43 bits per heavy atom. The Morgan fingerprint density at radius 1 is 1.62 bits per heavy atom. The zero-order valence-corrected chi connectivity index (χ0v) is 11.8. The van der Waals surface area contributed by atoms with Gasteiger partial charge in [0.25, 0.3) is 0 Å². The van der Waals surface area contributed by atoms with E-state index in [4.69, 9.17) is 9.47 Å². The first kappa shape index (κ1) is 15.5. The molecule has 1 aliphatic rings. The van der Waals surface area contributed by atoms with Crippen LogP contribution in [0.2, 0.25) is 0 Å². The molecule has 1 saturated heterocycles. The van der Waals surface area contributed by atoms with Crippen LogP contribution in [-0.2, 0) is 9.53 Å². The van der Waals surface area contributed by atoms with E-state index in [1.165, 1.54) is 31.4 Å². The smallest absolute Gasteiger partial charge is 0.247 e. The van der Waals surface area contributed by atoms with Crippen LogP contribution in [0.15, 0.2) is 24.3 Å². The largest absolute Gasteiger partial charge is 0.494 e. The van der Waals surface area contributed by atoms with E-state index in [0.717, 1.165) is 0 Å². The average Bonchev–Trinajstić information content (AvgIpc) is 2.52. The number of rotatable bonds is 4. The quantitative estimate of drug-likeness (QED) is 0.844. The fourth-order valence-electron chi connectivity index (χ4n) is 2.15. The summed E-state index contributed by atoms with van der Waals surface area (Å²) in [7, 11) is 1.39. The number of benzene rings is 1. The number of nitrogens with zero attached hydrogens (tertiary/aromatic N) is 1. The van der Waals surface area contributed by atoms with Crippen LogP contribution >= 0.6 is 0 Å². The molecule has 1 unspecified atom stereocenters. The number of aliphatic hydroxyl groups is 1. The third-order valence-electron chi connectivity index (χ3n) is 3.32. The van der Waals surface area contributed by atoms with Crippen molar-refractivity contribution < 1.29 is 23.8 Å². The summed E-state index contributed by atoms with van der Waals surface area (Å²) in [4.78, 5) is 13.7. The van der Waals surface area contributed by atoms with Gasteiger partial charge in [0.1, 0.15) is 0 Å². The molecule has 1 aromatic rings. The number of methoxy groups -OCH3 is 1. The SMILES string of the molecule is COc1ccc(/C=C/C(=O)N2CCOCC2CO)cc1F. The van der Waals surface area contributed by atoms with Crippen LogP contribution < -0.4 is 4.74 Å². The van der Waals surface area contributed by atoms with Crippen molar-refractivity contribution in [3.05, 3.63) is 35.7 Å². The molecule has 114 valence electrons. The van der Waals surface area contributed by atoms with E-state index >= 15 is 0 Å². The van der Waals surface area contributed by atoms with Crippen molar-refractivity contribution in [1.82, 2.24) is 4.90 Å². The van der Waals surface area contributed by atoms with Gasteiger partial charge in [0, 0.05) is 12.6 Å². The molecule has 1 fully saturated rings. The fraction of sp³-hybridized carbons (Fsp3) is 0.400. The zero-order chi connectivity index (χ0) is 15.2. The van der Waals surface area contributed by atoms with Gasteiger partial charge in [0.05, 0.1) is 33.0 Å². The van der Waals surface area contributed by atoms with Gasteiger partial charge in [-0.25, -0.2) is 4.39 Å². The lowest BCUT2D eigenvalue weighted by molar-refractivity contribution is -0.136. The third-order valence-corrected chi connectivity index (χ3v) is 3.32. The minimum absolute atomic E-state index is 0.142. The van der Waals surface area contributed by atoms with Crippen molar-refractivity contribution in [2.75, 3.05) is 33.5 Å².